The monoisotopic (exact) mass is 339 g/mol. The normalized spacial score (nSPS) is 11.3. The van der Waals surface area contributed by atoms with Crippen molar-refractivity contribution in [1.29, 1.82) is 0 Å². The first-order valence-electron chi connectivity index (χ1n) is 6.27. The predicted molar refractivity (Wildman–Crippen MR) is 86.8 cm³/mol. The highest BCUT2D eigenvalue weighted by molar-refractivity contribution is 7.00. The van der Waals surface area contributed by atoms with Gasteiger partial charge in [-0.25, -0.2) is 9.97 Å². The van der Waals surface area contributed by atoms with Crippen LogP contribution in [0.2, 0.25) is 10.2 Å². The second-order valence-corrected chi connectivity index (χ2v) is 6.09. The van der Waals surface area contributed by atoms with Gasteiger partial charge in [0.05, 0.1) is 22.4 Å². The van der Waals surface area contributed by atoms with E-state index in [4.69, 9.17) is 23.2 Å². The van der Waals surface area contributed by atoms with Crippen LogP contribution < -0.4 is 5.32 Å². The van der Waals surface area contributed by atoms with Crippen molar-refractivity contribution in [3.63, 3.8) is 0 Å². The van der Waals surface area contributed by atoms with Crippen molar-refractivity contribution in [3.05, 3.63) is 34.2 Å². The van der Waals surface area contributed by atoms with Crippen molar-refractivity contribution in [3.8, 4) is 0 Å². The molecule has 2 aromatic heterocycles. The fourth-order valence-electron chi connectivity index (χ4n) is 1.83. The van der Waals surface area contributed by atoms with E-state index >= 15 is 0 Å². The van der Waals surface area contributed by atoms with E-state index in [2.05, 4.69) is 24.0 Å². The zero-order valence-corrected chi connectivity index (χ0v) is 13.6. The molecule has 8 heteroatoms. The van der Waals surface area contributed by atoms with Crippen molar-refractivity contribution in [2.45, 2.75) is 19.8 Å². The van der Waals surface area contributed by atoms with E-state index in [0.29, 0.717) is 33.0 Å². The van der Waals surface area contributed by atoms with Gasteiger partial charge in [0, 0.05) is 12.0 Å². The van der Waals surface area contributed by atoms with Crippen LogP contribution in [0.4, 0.5) is 11.5 Å². The number of hydrogen-bond donors (Lipinski definition) is 1. The highest BCUT2D eigenvalue weighted by Crippen LogP contribution is 2.32. The van der Waals surface area contributed by atoms with Gasteiger partial charge in [0.15, 0.2) is 0 Å². The molecule has 0 bridgehead atoms. The Morgan fingerprint density at radius 1 is 1.14 bits per heavy atom. The Hall–Kier alpha value is -1.50. The van der Waals surface area contributed by atoms with Crippen LogP contribution in [0.25, 0.3) is 11.0 Å². The van der Waals surface area contributed by atoms with E-state index in [1.807, 2.05) is 19.9 Å². The quantitative estimate of drug-likeness (QED) is 0.703. The fourth-order valence-corrected chi connectivity index (χ4v) is 2.76. The fraction of sp³-hybridized carbons (Fsp3) is 0.231. The lowest BCUT2D eigenvalue weighted by atomic mass is 10.2. The molecular weight excluding hydrogens is 329 g/mol. The molecule has 108 valence electrons. The summed E-state index contributed by atoms with van der Waals surface area (Å²) in [5.74, 6) is 1.43. The van der Waals surface area contributed by atoms with Crippen LogP contribution in [0.5, 0.6) is 0 Å². The first-order valence-corrected chi connectivity index (χ1v) is 7.75. The number of fused-ring (bicyclic) bond motifs is 1. The maximum absolute atomic E-state index is 6.25. The van der Waals surface area contributed by atoms with E-state index in [1.165, 1.54) is 0 Å². The number of benzene rings is 1. The Kier molecular flexibility index (Phi) is 3.93. The topological polar surface area (TPSA) is 63.6 Å². The lowest BCUT2D eigenvalue weighted by molar-refractivity contribution is 0.776. The summed E-state index contributed by atoms with van der Waals surface area (Å²) >= 11 is 13.4. The van der Waals surface area contributed by atoms with Crippen LogP contribution in [0.3, 0.4) is 0 Å². The Bertz CT molecular complexity index is 802. The molecule has 0 spiro atoms. The van der Waals surface area contributed by atoms with E-state index < -0.39 is 0 Å². The molecule has 0 unspecified atom stereocenters. The molecule has 0 saturated heterocycles. The molecule has 0 atom stereocenters. The first kappa shape index (κ1) is 14.4. The zero-order chi connectivity index (χ0) is 15.0. The standard InChI is InChI=1S/C13H11Cl2N5S/c1-6(2)13-16-9(15)5-10(18-13)17-11-7(14)3-4-8-12(11)20-21-19-8/h3-6H,1-2H3,(H,16,17,18). The van der Waals surface area contributed by atoms with Crippen molar-refractivity contribution in [2.75, 3.05) is 5.32 Å². The van der Waals surface area contributed by atoms with E-state index in [1.54, 1.807) is 12.1 Å². The minimum atomic E-state index is 0.177. The lowest BCUT2D eigenvalue weighted by Gasteiger charge is -2.11. The first-order chi connectivity index (χ1) is 10.0. The molecule has 1 aromatic carbocycles. The third kappa shape index (κ3) is 2.92. The van der Waals surface area contributed by atoms with Crippen LogP contribution >= 0.6 is 34.9 Å². The summed E-state index contributed by atoms with van der Waals surface area (Å²) in [6.45, 7) is 4.01. The summed E-state index contributed by atoms with van der Waals surface area (Å²) in [5.41, 5.74) is 2.18. The van der Waals surface area contributed by atoms with Crippen LogP contribution in [-0.4, -0.2) is 18.7 Å². The number of halogens is 2. The molecule has 1 N–H and O–H groups in total. The molecule has 0 amide bonds. The largest absolute Gasteiger partial charge is 0.337 e. The number of hydrogen-bond acceptors (Lipinski definition) is 6. The van der Waals surface area contributed by atoms with Gasteiger partial charge < -0.3 is 5.32 Å². The van der Waals surface area contributed by atoms with Crippen molar-refractivity contribution >= 4 is 57.5 Å². The van der Waals surface area contributed by atoms with Gasteiger partial charge in [-0.2, -0.15) is 8.75 Å². The van der Waals surface area contributed by atoms with E-state index in [-0.39, 0.29) is 5.92 Å². The van der Waals surface area contributed by atoms with Gasteiger partial charge in [0.1, 0.15) is 27.8 Å². The maximum Gasteiger partial charge on any atom is 0.135 e. The molecule has 0 saturated carbocycles. The van der Waals surface area contributed by atoms with Crippen molar-refractivity contribution in [2.24, 2.45) is 0 Å². The molecule has 5 nitrogen and oxygen atoms in total. The van der Waals surface area contributed by atoms with Crippen LogP contribution in [-0.2, 0) is 0 Å². The summed E-state index contributed by atoms with van der Waals surface area (Å²) in [4.78, 5) is 8.66. The number of nitrogens with one attached hydrogen (secondary N) is 1. The van der Waals surface area contributed by atoms with Crippen LogP contribution in [0.15, 0.2) is 18.2 Å². The van der Waals surface area contributed by atoms with E-state index in [9.17, 15) is 0 Å². The second-order valence-electron chi connectivity index (χ2n) is 4.77. The summed E-state index contributed by atoms with van der Waals surface area (Å²) in [6.07, 6.45) is 0. The Morgan fingerprint density at radius 3 is 2.71 bits per heavy atom. The van der Waals surface area contributed by atoms with Gasteiger partial charge in [-0.15, -0.1) is 0 Å². The van der Waals surface area contributed by atoms with E-state index in [0.717, 1.165) is 17.2 Å². The number of anilines is 2. The van der Waals surface area contributed by atoms with Crippen molar-refractivity contribution in [1.82, 2.24) is 18.7 Å². The third-order valence-electron chi connectivity index (χ3n) is 2.86. The molecule has 3 aromatic rings. The average Bonchev–Trinajstić information content (AvgIpc) is 2.90. The van der Waals surface area contributed by atoms with Crippen LogP contribution in [0, 0.1) is 0 Å². The minimum Gasteiger partial charge on any atom is -0.337 e. The summed E-state index contributed by atoms with van der Waals surface area (Å²) in [6, 6.07) is 5.26. The van der Waals surface area contributed by atoms with Gasteiger partial charge in [-0.05, 0) is 12.1 Å². The predicted octanol–water partition coefficient (Wildman–Crippen LogP) is 4.66. The Labute approximate surface area is 135 Å². The molecule has 0 radical (unpaired) electrons. The Morgan fingerprint density at radius 2 is 1.95 bits per heavy atom. The summed E-state index contributed by atoms with van der Waals surface area (Å²) in [7, 11) is 0. The number of nitrogens with zero attached hydrogens (tertiary/aromatic N) is 4. The maximum atomic E-state index is 6.25. The summed E-state index contributed by atoms with van der Waals surface area (Å²) in [5, 5.41) is 4.11. The molecule has 2 heterocycles. The smallest absolute Gasteiger partial charge is 0.135 e. The highest BCUT2D eigenvalue weighted by Gasteiger charge is 2.13. The Balaban J connectivity index is 2.06. The average molecular weight is 340 g/mol. The second kappa shape index (κ2) is 5.71. The van der Waals surface area contributed by atoms with Gasteiger partial charge in [0.25, 0.3) is 0 Å². The lowest BCUT2D eigenvalue weighted by Crippen LogP contribution is -2.02. The zero-order valence-electron chi connectivity index (χ0n) is 11.3. The molecule has 0 aliphatic rings. The molecule has 21 heavy (non-hydrogen) atoms. The number of aromatic nitrogens is 4. The van der Waals surface area contributed by atoms with Crippen molar-refractivity contribution < 1.29 is 0 Å². The van der Waals surface area contributed by atoms with Gasteiger partial charge in [-0.3, -0.25) is 0 Å². The molecule has 0 fully saturated rings. The highest BCUT2D eigenvalue weighted by atomic mass is 35.5. The van der Waals surface area contributed by atoms with Gasteiger partial charge in [-0.1, -0.05) is 37.0 Å². The summed E-state index contributed by atoms with van der Waals surface area (Å²) < 4.78 is 8.46. The number of rotatable bonds is 3. The molecule has 0 aliphatic carbocycles. The van der Waals surface area contributed by atoms with Crippen LogP contribution in [0.1, 0.15) is 25.6 Å². The molecule has 3 rings (SSSR count). The van der Waals surface area contributed by atoms with Gasteiger partial charge in [0.2, 0.25) is 0 Å². The van der Waals surface area contributed by atoms with Gasteiger partial charge >= 0.3 is 0 Å². The molecular formula is C13H11Cl2N5S. The SMILES string of the molecule is CC(C)c1nc(Cl)cc(Nc2c(Cl)ccc3nsnc23)n1. The third-order valence-corrected chi connectivity index (χ3v) is 3.91. The molecule has 0 aliphatic heterocycles. The minimum absolute atomic E-state index is 0.177.